The fourth-order valence-corrected chi connectivity index (χ4v) is 13.5. The Morgan fingerprint density at radius 1 is 0.216 bits per heavy atom. The van der Waals surface area contributed by atoms with Gasteiger partial charge in [-0.3, -0.25) is 0 Å². The highest BCUT2D eigenvalue weighted by Gasteiger charge is 2.24. The quantitative estimate of drug-likeness (QED) is 0.148. The van der Waals surface area contributed by atoms with Crippen LogP contribution in [0.15, 0.2) is 182 Å². The lowest BCUT2D eigenvalue weighted by molar-refractivity contribution is -0.667. The molecule has 0 saturated carbocycles. The van der Waals surface area contributed by atoms with Crippen LogP contribution < -0.4 is 27.4 Å². The van der Waals surface area contributed by atoms with Crippen molar-refractivity contribution >= 4 is 0 Å². The molecule has 6 heteroatoms. The van der Waals surface area contributed by atoms with Gasteiger partial charge in [0.1, 0.15) is 42.3 Å². The van der Waals surface area contributed by atoms with E-state index < -0.39 is 13.7 Å². The Morgan fingerprint density at radius 2 is 0.588 bits per heavy atom. The Bertz CT molecular complexity index is 5110. The van der Waals surface area contributed by atoms with Crippen molar-refractivity contribution in [3.8, 4) is 67.5 Å². The van der Waals surface area contributed by atoms with E-state index in [1.165, 1.54) is 179 Å². The van der Waals surface area contributed by atoms with Gasteiger partial charge in [-0.1, -0.05) is 96.6 Å². The molecule has 6 heterocycles. The van der Waals surface area contributed by atoms with Crippen molar-refractivity contribution in [2.24, 2.45) is 42.3 Å². The Kier molecular flexibility index (Phi) is 24.1. The summed E-state index contributed by atoms with van der Waals surface area (Å²) in [6.07, 6.45) is 0. The van der Waals surface area contributed by atoms with E-state index in [1.54, 1.807) is 13.1 Å². The van der Waals surface area contributed by atoms with Crippen LogP contribution in [0.1, 0.15) is 143 Å². The van der Waals surface area contributed by atoms with Crippen molar-refractivity contribution in [2.75, 3.05) is 0 Å². The predicted molar refractivity (Wildman–Crippen MR) is 432 cm³/mol. The molecule has 0 fully saturated rings. The third-order valence-electron chi connectivity index (χ3n) is 21.3. The van der Waals surface area contributed by atoms with Gasteiger partial charge in [0.25, 0.3) is 0 Å². The van der Waals surface area contributed by atoms with E-state index in [1.807, 2.05) is 32.0 Å². The van der Waals surface area contributed by atoms with E-state index in [9.17, 15) is 0 Å². The number of hydrogen-bond donors (Lipinski definition) is 0. The lowest BCUT2D eigenvalue weighted by Gasteiger charge is -2.10. The smallest absolute Gasteiger partial charge is 0.199 e. The summed E-state index contributed by atoms with van der Waals surface area (Å²) >= 11 is 0. The summed E-state index contributed by atoms with van der Waals surface area (Å²) in [6, 6.07) is 63.5. The highest BCUT2D eigenvalue weighted by Crippen LogP contribution is 2.30. The van der Waals surface area contributed by atoms with Gasteiger partial charge < -0.3 is 0 Å². The van der Waals surface area contributed by atoms with E-state index in [-0.39, 0.29) is 11.3 Å². The number of aromatic nitrogens is 6. The second-order valence-electron chi connectivity index (χ2n) is 28.5. The summed E-state index contributed by atoms with van der Waals surface area (Å²) in [5.74, 6) is 0. The van der Waals surface area contributed by atoms with Crippen molar-refractivity contribution < 1.29 is 35.6 Å². The zero-order valence-electron chi connectivity index (χ0n) is 73.0. The molecule has 6 aromatic heterocycles. The molecule has 0 spiro atoms. The van der Waals surface area contributed by atoms with Gasteiger partial charge in [-0.2, -0.15) is 27.4 Å². The number of hydrogen-bond acceptors (Lipinski definition) is 0. The minimum Gasteiger partial charge on any atom is -0.199 e. The molecule has 6 nitrogen and oxygen atoms in total. The summed E-state index contributed by atoms with van der Waals surface area (Å²) in [5.41, 5.74) is 43.3. The standard InChI is InChI=1S/6C16H20N/c1-11-6-8-15(13(3)10-11)16-9-7-12(2)14(4)17(16)5;1-11-9-14(4)17(5)15(10-11)16-12(2)7-6-8-13(16)3;2*1-11-7-6-8-15(13(11)3)16-10-9-12(2)14(4)17(16)5;2*1-11-8-6-7-9-15(11)16-14(4)12(2)10-13(3)17(16)5/h6*6-10H,1-5H3/q6*+1/i;;2D3,4D3;;;. The molecule has 0 N–H and O–H groups in total. The summed E-state index contributed by atoms with van der Waals surface area (Å²) in [7, 11) is 12.3. The fraction of sp³-hybridized carbons (Fsp3) is 0.312. The minimum absolute atomic E-state index is 0.131. The first-order chi connectivity index (χ1) is 50.5. The molecule has 0 aliphatic carbocycles. The van der Waals surface area contributed by atoms with Gasteiger partial charge in [0.15, 0.2) is 34.2 Å². The zero-order chi connectivity index (χ0) is 80.5. The van der Waals surface area contributed by atoms with Crippen LogP contribution in [0.25, 0.3) is 67.5 Å². The number of pyridine rings is 6. The topological polar surface area (TPSA) is 23.3 Å². The molecule has 528 valence electrons. The number of aryl methyl sites for hydroxylation is 17. The van der Waals surface area contributed by atoms with E-state index in [0.717, 1.165) is 16.7 Å². The van der Waals surface area contributed by atoms with Crippen LogP contribution in [0.5, 0.6) is 0 Å². The molecule has 6 aromatic carbocycles. The normalized spacial score (nSPS) is 11.8. The van der Waals surface area contributed by atoms with Gasteiger partial charge in [-0.25, -0.2) is 0 Å². The van der Waals surface area contributed by atoms with Crippen molar-refractivity contribution in [3.63, 3.8) is 0 Å². The fourth-order valence-electron chi connectivity index (χ4n) is 13.5. The number of rotatable bonds is 6. The first kappa shape index (κ1) is 70.6. The van der Waals surface area contributed by atoms with Gasteiger partial charge in [0.2, 0.25) is 34.2 Å². The second kappa shape index (κ2) is 34.7. The second-order valence-corrected chi connectivity index (χ2v) is 28.5. The molecule has 12 rings (SSSR count). The monoisotopic (exact) mass is 1360 g/mol. The maximum absolute atomic E-state index is 7.75. The summed E-state index contributed by atoms with van der Waals surface area (Å²) in [5, 5.41) is 0. The van der Waals surface area contributed by atoms with Crippen LogP contribution in [0.4, 0.5) is 0 Å². The average Bonchev–Trinajstić information content (AvgIpc) is 0.766. The van der Waals surface area contributed by atoms with Gasteiger partial charge in [0.05, 0.1) is 5.56 Å². The lowest BCUT2D eigenvalue weighted by Crippen LogP contribution is -2.36. The Hall–Kier alpha value is -9.78. The highest BCUT2D eigenvalue weighted by atomic mass is 15.0. The van der Waals surface area contributed by atoms with Crippen LogP contribution in [0.3, 0.4) is 0 Å². The summed E-state index contributed by atoms with van der Waals surface area (Å²) < 4.78 is 59.0. The van der Waals surface area contributed by atoms with E-state index in [4.69, 9.17) is 8.22 Å². The average molecular weight is 1360 g/mol. The minimum atomic E-state index is -2.51. The van der Waals surface area contributed by atoms with Crippen LogP contribution >= 0.6 is 0 Å². The molecule has 0 aliphatic rings. The molecule has 0 amide bonds. The van der Waals surface area contributed by atoms with Crippen LogP contribution in [0.2, 0.25) is 0 Å². The molecule has 0 atom stereocenters. The maximum atomic E-state index is 7.75. The Balaban J connectivity index is 0.000000181. The van der Waals surface area contributed by atoms with Crippen LogP contribution in [-0.4, -0.2) is 0 Å². The van der Waals surface area contributed by atoms with E-state index in [0.29, 0.717) is 5.69 Å². The van der Waals surface area contributed by atoms with Crippen molar-refractivity contribution in [1.82, 2.24) is 0 Å². The highest BCUT2D eigenvalue weighted by molar-refractivity contribution is 5.69. The SMILES string of the molecule is Cc1cc(C)[n+](C)c(-c2c(C)cccc2C)c1.Cc1ccc(-c2ccc(C)c(C)[n+]2C)c(C)c1.Cc1cccc(-c2ccc(C)c(C)[n+]2C)c1C.Cc1ccccc1-c1c(C)c(C)cc(C)[n+]1C.Cc1ccccc1-c1c(C)c(C)cc(C)[n+]1C.[2H]C([2H])([2H])c1ccc(-c2cccc(C)c2C)[n+](C)c1C([2H])([2H])[2H]. The van der Waals surface area contributed by atoms with Crippen LogP contribution in [-0.2, 0) is 42.3 Å². The first-order valence-corrected chi connectivity index (χ1v) is 35.8. The Labute approximate surface area is 624 Å². The molecule has 0 aliphatic heterocycles. The van der Waals surface area contributed by atoms with Gasteiger partial charge in [-0.15, -0.1) is 0 Å². The molecule has 102 heavy (non-hydrogen) atoms. The summed E-state index contributed by atoms with van der Waals surface area (Å²) in [6.45, 7) is 42.4. The van der Waals surface area contributed by atoms with Gasteiger partial charge in [0, 0.05) is 148 Å². The van der Waals surface area contributed by atoms with E-state index in [2.05, 4.69) is 348 Å². The third kappa shape index (κ3) is 18.3. The first-order valence-electron chi connectivity index (χ1n) is 38.8. The van der Waals surface area contributed by atoms with Gasteiger partial charge >= 0.3 is 0 Å². The molecule has 12 aromatic rings. The third-order valence-corrected chi connectivity index (χ3v) is 21.3. The summed E-state index contributed by atoms with van der Waals surface area (Å²) in [4.78, 5) is 0. The lowest BCUT2D eigenvalue weighted by atomic mass is 9.98. The molecule has 0 saturated heterocycles. The predicted octanol–water partition coefficient (Wildman–Crippen LogP) is 20.5. The molecular weight excluding hydrogens is 1240 g/mol. The zero-order valence-corrected chi connectivity index (χ0v) is 67.0. The van der Waals surface area contributed by atoms with Crippen molar-refractivity contribution in [3.05, 3.63) is 316 Å². The largest absolute Gasteiger partial charge is 0.215 e. The molecule has 0 bridgehead atoms. The van der Waals surface area contributed by atoms with Crippen LogP contribution in [0, 0.1) is 166 Å². The molecule has 0 radical (unpaired) electrons. The molecular formula is C96H120N6+6. The Morgan fingerprint density at radius 3 is 1.01 bits per heavy atom. The number of nitrogens with zero attached hydrogens (tertiary/aromatic N) is 6. The number of benzene rings is 6. The molecule has 0 unspecified atom stereocenters. The maximum Gasteiger partial charge on any atom is 0.215 e. The van der Waals surface area contributed by atoms with Gasteiger partial charge in [-0.05, 0) is 240 Å². The van der Waals surface area contributed by atoms with Crippen molar-refractivity contribution in [1.29, 1.82) is 0 Å². The van der Waals surface area contributed by atoms with Crippen molar-refractivity contribution in [2.45, 2.75) is 166 Å². The van der Waals surface area contributed by atoms with E-state index >= 15 is 0 Å².